The van der Waals surface area contributed by atoms with Crippen LogP contribution in [-0.2, 0) is 11.3 Å². The van der Waals surface area contributed by atoms with E-state index in [0.29, 0.717) is 16.6 Å². The van der Waals surface area contributed by atoms with Crippen LogP contribution in [0.5, 0.6) is 0 Å². The minimum absolute atomic E-state index is 0.102. The van der Waals surface area contributed by atoms with Crippen molar-refractivity contribution < 1.29 is 9.53 Å². The number of nitrogens with zero attached hydrogens (tertiary/aromatic N) is 2. The molecule has 0 aromatic carbocycles. The van der Waals surface area contributed by atoms with Gasteiger partial charge in [0.05, 0.1) is 34.9 Å². The van der Waals surface area contributed by atoms with Gasteiger partial charge in [0, 0.05) is 17.7 Å². The lowest BCUT2D eigenvalue weighted by molar-refractivity contribution is 0.0940. The summed E-state index contributed by atoms with van der Waals surface area (Å²) in [6.45, 7) is 3.46. The van der Waals surface area contributed by atoms with E-state index in [1.54, 1.807) is 10.9 Å². The molecule has 2 N–H and O–H groups in total. The van der Waals surface area contributed by atoms with Crippen molar-refractivity contribution in [2.24, 2.45) is 0 Å². The van der Waals surface area contributed by atoms with Gasteiger partial charge in [-0.05, 0) is 31.9 Å². The van der Waals surface area contributed by atoms with Crippen molar-refractivity contribution in [2.75, 3.05) is 11.9 Å². The van der Waals surface area contributed by atoms with Gasteiger partial charge < -0.3 is 15.4 Å². The standard InChI is InChI=1S/C15H19ClN4O2S/c1-10(13-4-5-14(16)23-13)18-15(21)19-11-7-17-20(8-11)9-12-3-2-6-22-12/h4-5,7-8,10,12H,2-3,6,9H2,1H3,(H2,18,19,21). The second-order valence-electron chi connectivity index (χ2n) is 5.55. The first kappa shape index (κ1) is 16.3. The zero-order valence-electron chi connectivity index (χ0n) is 12.8. The summed E-state index contributed by atoms with van der Waals surface area (Å²) in [5.41, 5.74) is 0.664. The third-order valence-electron chi connectivity index (χ3n) is 3.67. The van der Waals surface area contributed by atoms with E-state index in [9.17, 15) is 4.79 Å². The molecular formula is C15H19ClN4O2S. The lowest BCUT2D eigenvalue weighted by Crippen LogP contribution is -2.30. The van der Waals surface area contributed by atoms with Gasteiger partial charge >= 0.3 is 6.03 Å². The molecule has 2 atom stereocenters. The molecule has 1 fully saturated rings. The highest BCUT2D eigenvalue weighted by Gasteiger charge is 2.17. The maximum atomic E-state index is 12.0. The van der Waals surface area contributed by atoms with E-state index >= 15 is 0 Å². The zero-order valence-corrected chi connectivity index (χ0v) is 14.4. The van der Waals surface area contributed by atoms with Crippen LogP contribution in [0.1, 0.15) is 30.7 Å². The third kappa shape index (κ3) is 4.46. The number of thiophene rings is 1. The van der Waals surface area contributed by atoms with Crippen LogP contribution >= 0.6 is 22.9 Å². The Hall–Kier alpha value is -1.57. The Morgan fingerprint density at radius 2 is 2.48 bits per heavy atom. The fourth-order valence-electron chi connectivity index (χ4n) is 2.52. The number of anilines is 1. The number of hydrogen-bond acceptors (Lipinski definition) is 4. The molecule has 2 amide bonds. The molecule has 2 unspecified atom stereocenters. The molecule has 1 aliphatic heterocycles. The highest BCUT2D eigenvalue weighted by Crippen LogP contribution is 2.26. The first-order valence-electron chi connectivity index (χ1n) is 7.57. The molecule has 1 saturated heterocycles. The number of urea groups is 1. The van der Waals surface area contributed by atoms with E-state index in [4.69, 9.17) is 16.3 Å². The minimum atomic E-state index is -0.265. The highest BCUT2D eigenvalue weighted by atomic mass is 35.5. The van der Waals surface area contributed by atoms with E-state index in [2.05, 4.69) is 15.7 Å². The summed E-state index contributed by atoms with van der Waals surface area (Å²) in [5.74, 6) is 0. The third-order valence-corrected chi connectivity index (χ3v) is 5.09. The highest BCUT2D eigenvalue weighted by molar-refractivity contribution is 7.16. The summed E-state index contributed by atoms with van der Waals surface area (Å²) < 4.78 is 8.09. The van der Waals surface area contributed by atoms with Crippen molar-refractivity contribution in [3.63, 3.8) is 0 Å². The molecule has 3 rings (SSSR count). The molecule has 124 valence electrons. The number of nitrogens with one attached hydrogen (secondary N) is 2. The van der Waals surface area contributed by atoms with Crippen LogP contribution in [0.4, 0.5) is 10.5 Å². The number of hydrogen-bond donors (Lipinski definition) is 2. The lowest BCUT2D eigenvalue weighted by Gasteiger charge is -2.12. The van der Waals surface area contributed by atoms with Gasteiger partial charge in [-0.1, -0.05) is 11.6 Å². The van der Waals surface area contributed by atoms with Crippen molar-refractivity contribution in [3.8, 4) is 0 Å². The van der Waals surface area contributed by atoms with Gasteiger partial charge in [-0.25, -0.2) is 4.79 Å². The summed E-state index contributed by atoms with van der Waals surface area (Å²) in [5, 5.41) is 9.92. The molecule has 6 nitrogen and oxygen atoms in total. The summed E-state index contributed by atoms with van der Waals surface area (Å²) in [4.78, 5) is 13.1. The second-order valence-corrected chi connectivity index (χ2v) is 7.29. The molecule has 23 heavy (non-hydrogen) atoms. The largest absolute Gasteiger partial charge is 0.376 e. The van der Waals surface area contributed by atoms with Gasteiger partial charge in [0.25, 0.3) is 0 Å². The smallest absolute Gasteiger partial charge is 0.319 e. The number of halogens is 1. The second kappa shape index (κ2) is 7.33. The molecule has 3 heterocycles. The van der Waals surface area contributed by atoms with E-state index in [0.717, 1.165) is 24.3 Å². The fourth-order valence-corrected chi connectivity index (χ4v) is 3.58. The summed E-state index contributed by atoms with van der Waals surface area (Å²) in [6, 6.07) is 3.37. The monoisotopic (exact) mass is 354 g/mol. The van der Waals surface area contributed by atoms with Crippen molar-refractivity contribution in [1.29, 1.82) is 0 Å². The molecule has 2 aromatic heterocycles. The topological polar surface area (TPSA) is 68.2 Å². The molecule has 0 spiro atoms. The number of amides is 2. The Kier molecular flexibility index (Phi) is 5.20. The Labute approximate surface area is 143 Å². The van der Waals surface area contributed by atoms with Crippen LogP contribution in [0.3, 0.4) is 0 Å². The Bertz CT molecular complexity index is 666. The van der Waals surface area contributed by atoms with Gasteiger partial charge in [0.2, 0.25) is 0 Å². The van der Waals surface area contributed by atoms with Crippen molar-refractivity contribution in [3.05, 3.63) is 33.7 Å². The normalized spacial score (nSPS) is 18.8. The average molecular weight is 355 g/mol. The average Bonchev–Trinajstić information content (AvgIpc) is 3.22. The van der Waals surface area contributed by atoms with E-state index < -0.39 is 0 Å². The quantitative estimate of drug-likeness (QED) is 0.861. The SMILES string of the molecule is CC(NC(=O)Nc1cnn(CC2CCCO2)c1)c1ccc(Cl)s1. The number of rotatable bonds is 5. The van der Waals surface area contributed by atoms with E-state index in [1.165, 1.54) is 11.3 Å². The first-order valence-corrected chi connectivity index (χ1v) is 8.76. The van der Waals surface area contributed by atoms with Crippen LogP contribution in [0, 0.1) is 0 Å². The maximum Gasteiger partial charge on any atom is 0.319 e. The molecule has 0 radical (unpaired) electrons. The Morgan fingerprint density at radius 1 is 1.61 bits per heavy atom. The summed E-state index contributed by atoms with van der Waals surface area (Å²) in [7, 11) is 0. The molecule has 0 aliphatic carbocycles. The molecule has 8 heteroatoms. The number of carbonyl (C=O) groups excluding carboxylic acids is 1. The fraction of sp³-hybridized carbons (Fsp3) is 0.467. The van der Waals surface area contributed by atoms with Crippen molar-refractivity contribution in [2.45, 2.75) is 38.5 Å². The van der Waals surface area contributed by atoms with Gasteiger partial charge in [-0.2, -0.15) is 5.10 Å². The van der Waals surface area contributed by atoms with Crippen LogP contribution < -0.4 is 10.6 Å². The van der Waals surface area contributed by atoms with E-state index in [-0.39, 0.29) is 18.2 Å². The van der Waals surface area contributed by atoms with Crippen LogP contribution in [0.25, 0.3) is 0 Å². The molecule has 0 saturated carbocycles. The predicted molar refractivity (Wildman–Crippen MR) is 91.1 cm³/mol. The summed E-state index contributed by atoms with van der Waals surface area (Å²) >= 11 is 7.37. The molecule has 1 aliphatic rings. The van der Waals surface area contributed by atoms with Gasteiger partial charge in [-0.3, -0.25) is 4.68 Å². The van der Waals surface area contributed by atoms with E-state index in [1.807, 2.05) is 25.3 Å². The Balaban J connectivity index is 1.50. The number of ether oxygens (including phenoxy) is 1. The number of aromatic nitrogens is 2. The lowest BCUT2D eigenvalue weighted by atomic mass is 10.2. The van der Waals surface area contributed by atoms with Crippen molar-refractivity contribution in [1.82, 2.24) is 15.1 Å². The van der Waals surface area contributed by atoms with Gasteiger partial charge in [0.1, 0.15) is 0 Å². The van der Waals surface area contributed by atoms with Gasteiger partial charge in [-0.15, -0.1) is 11.3 Å². The van der Waals surface area contributed by atoms with Crippen LogP contribution in [-0.4, -0.2) is 28.5 Å². The molecule has 0 bridgehead atoms. The molecular weight excluding hydrogens is 336 g/mol. The van der Waals surface area contributed by atoms with Crippen molar-refractivity contribution >= 4 is 34.7 Å². The van der Waals surface area contributed by atoms with Crippen LogP contribution in [0.2, 0.25) is 4.34 Å². The van der Waals surface area contributed by atoms with Crippen LogP contribution in [0.15, 0.2) is 24.5 Å². The number of carbonyl (C=O) groups is 1. The minimum Gasteiger partial charge on any atom is -0.376 e. The van der Waals surface area contributed by atoms with Gasteiger partial charge in [0.15, 0.2) is 0 Å². The Morgan fingerprint density at radius 3 is 3.17 bits per heavy atom. The molecule has 2 aromatic rings. The first-order chi connectivity index (χ1) is 11.1. The summed E-state index contributed by atoms with van der Waals surface area (Å²) in [6.07, 6.45) is 5.84. The maximum absolute atomic E-state index is 12.0. The zero-order chi connectivity index (χ0) is 16.2. The predicted octanol–water partition coefficient (Wildman–Crippen LogP) is 3.66.